The van der Waals surface area contributed by atoms with Crippen LogP contribution in [-0.2, 0) is 6.54 Å². The Balaban J connectivity index is 2.31. The van der Waals surface area contributed by atoms with Gasteiger partial charge in [0.15, 0.2) is 5.82 Å². The van der Waals surface area contributed by atoms with Gasteiger partial charge >= 0.3 is 0 Å². The molecule has 21 heavy (non-hydrogen) atoms. The van der Waals surface area contributed by atoms with Crippen molar-refractivity contribution in [2.75, 3.05) is 5.73 Å². The molecule has 0 unspecified atom stereocenters. The Morgan fingerprint density at radius 1 is 1.19 bits per heavy atom. The first kappa shape index (κ1) is 15.8. The summed E-state index contributed by atoms with van der Waals surface area (Å²) in [5.74, 6) is 2.37. The number of hydrogen-bond acceptors (Lipinski definition) is 4. The number of hydrogen-bond donors (Lipinski definition) is 1. The van der Waals surface area contributed by atoms with E-state index in [1.165, 1.54) is 0 Å². The minimum absolute atomic E-state index is 0.511. The Hall–Kier alpha value is -1.62. The Morgan fingerprint density at radius 3 is 2.43 bits per heavy atom. The summed E-state index contributed by atoms with van der Waals surface area (Å²) in [5.41, 5.74) is 7.28. The molecule has 0 saturated heterocycles. The summed E-state index contributed by atoms with van der Waals surface area (Å²) in [6, 6.07) is 5.47. The summed E-state index contributed by atoms with van der Waals surface area (Å²) in [6.45, 7) is 9.72. The number of nitrogens with zero attached hydrogens (tertiary/aromatic N) is 4. The molecule has 0 aliphatic carbocycles. The van der Waals surface area contributed by atoms with Gasteiger partial charge in [0.2, 0.25) is 0 Å². The average molecular weight is 308 g/mol. The van der Waals surface area contributed by atoms with Crippen LogP contribution in [0.15, 0.2) is 18.2 Å². The molecule has 0 amide bonds. The molecule has 6 heteroatoms. The minimum Gasteiger partial charge on any atom is -0.398 e. The molecule has 2 rings (SSSR count). The summed E-state index contributed by atoms with van der Waals surface area (Å²) in [4.78, 5) is 0. The molecule has 5 nitrogen and oxygen atoms in total. The molecule has 2 N–H and O–H groups in total. The molecular weight excluding hydrogens is 286 g/mol. The van der Waals surface area contributed by atoms with Crippen molar-refractivity contribution < 1.29 is 0 Å². The third-order valence-electron chi connectivity index (χ3n) is 3.88. The molecule has 1 aromatic carbocycles. The molecule has 1 heterocycles. The van der Waals surface area contributed by atoms with E-state index in [9.17, 15) is 0 Å². The fraction of sp³-hybridized carbons (Fsp3) is 0.533. The van der Waals surface area contributed by atoms with Crippen LogP contribution in [0.3, 0.4) is 0 Å². The molecule has 2 aromatic rings. The van der Waals surface area contributed by atoms with Crippen molar-refractivity contribution in [3.8, 4) is 11.4 Å². The predicted octanol–water partition coefficient (Wildman–Crippen LogP) is 3.50. The monoisotopic (exact) mass is 307 g/mol. The molecule has 0 aliphatic rings. The van der Waals surface area contributed by atoms with E-state index in [-0.39, 0.29) is 0 Å². The van der Waals surface area contributed by atoms with Gasteiger partial charge in [-0.25, -0.2) is 4.68 Å². The Kier molecular flexibility index (Phi) is 4.83. The number of nitrogens with two attached hydrogens (primary N) is 1. The lowest BCUT2D eigenvalue weighted by Crippen LogP contribution is -2.23. The largest absolute Gasteiger partial charge is 0.398 e. The van der Waals surface area contributed by atoms with Gasteiger partial charge in [0.1, 0.15) is 0 Å². The standard InChI is InChI=1S/C15H22ClN5/c1-9(2)12(10(3)4)8-21-15(18-19-20-21)11-5-6-13(16)14(17)7-11/h5-7,9-10,12H,8,17H2,1-4H3. The highest BCUT2D eigenvalue weighted by Crippen LogP contribution is 2.27. The molecule has 0 radical (unpaired) electrons. The maximum atomic E-state index is 5.97. The fourth-order valence-corrected chi connectivity index (χ4v) is 2.73. The first-order valence-electron chi connectivity index (χ1n) is 7.21. The predicted molar refractivity (Wildman–Crippen MR) is 85.8 cm³/mol. The van der Waals surface area contributed by atoms with E-state index in [1.54, 1.807) is 6.07 Å². The van der Waals surface area contributed by atoms with E-state index in [0.29, 0.717) is 28.5 Å². The molecule has 114 valence electrons. The highest BCUT2D eigenvalue weighted by Gasteiger charge is 2.21. The van der Waals surface area contributed by atoms with Crippen molar-refractivity contribution in [2.45, 2.75) is 34.2 Å². The number of tetrazole rings is 1. The van der Waals surface area contributed by atoms with Crippen molar-refractivity contribution >= 4 is 17.3 Å². The van der Waals surface area contributed by atoms with Crippen LogP contribution >= 0.6 is 11.6 Å². The normalized spacial score (nSPS) is 11.8. The van der Waals surface area contributed by atoms with E-state index >= 15 is 0 Å². The number of anilines is 1. The summed E-state index contributed by atoms with van der Waals surface area (Å²) in [6.07, 6.45) is 0. The molecule has 1 aromatic heterocycles. The summed E-state index contributed by atoms with van der Waals surface area (Å²) < 4.78 is 1.85. The Labute approximate surface area is 130 Å². The molecule has 0 atom stereocenters. The van der Waals surface area contributed by atoms with E-state index in [1.807, 2.05) is 16.8 Å². The zero-order valence-electron chi connectivity index (χ0n) is 12.9. The lowest BCUT2D eigenvalue weighted by atomic mass is 9.85. The quantitative estimate of drug-likeness (QED) is 0.858. The first-order chi connectivity index (χ1) is 9.90. The second-order valence-electron chi connectivity index (χ2n) is 6.07. The smallest absolute Gasteiger partial charge is 0.182 e. The Bertz CT molecular complexity index is 598. The molecule has 0 saturated carbocycles. The molecule has 0 aliphatic heterocycles. The van der Waals surface area contributed by atoms with Gasteiger partial charge in [-0.15, -0.1) is 5.10 Å². The van der Waals surface area contributed by atoms with Crippen molar-refractivity contribution in [3.63, 3.8) is 0 Å². The minimum atomic E-state index is 0.511. The van der Waals surface area contributed by atoms with Crippen molar-refractivity contribution in [3.05, 3.63) is 23.2 Å². The number of rotatable bonds is 5. The molecule has 0 bridgehead atoms. The van der Waals surface area contributed by atoms with Crippen molar-refractivity contribution in [2.24, 2.45) is 17.8 Å². The van der Waals surface area contributed by atoms with Gasteiger partial charge in [0, 0.05) is 12.1 Å². The van der Waals surface area contributed by atoms with E-state index in [2.05, 4.69) is 43.2 Å². The molecule has 0 spiro atoms. The van der Waals surface area contributed by atoms with Crippen LogP contribution < -0.4 is 5.73 Å². The second kappa shape index (κ2) is 6.43. The van der Waals surface area contributed by atoms with Crippen LogP contribution in [0.25, 0.3) is 11.4 Å². The second-order valence-corrected chi connectivity index (χ2v) is 6.48. The number of nitrogen functional groups attached to an aromatic ring is 1. The van der Waals surface area contributed by atoms with Gasteiger partial charge < -0.3 is 5.73 Å². The van der Waals surface area contributed by atoms with Gasteiger partial charge in [-0.1, -0.05) is 39.3 Å². The summed E-state index contributed by atoms with van der Waals surface area (Å²) in [7, 11) is 0. The van der Waals surface area contributed by atoms with Crippen LogP contribution in [0.4, 0.5) is 5.69 Å². The lowest BCUT2D eigenvalue weighted by molar-refractivity contribution is 0.242. The van der Waals surface area contributed by atoms with Gasteiger partial charge in [-0.05, 0) is 46.4 Å². The third-order valence-corrected chi connectivity index (χ3v) is 4.23. The summed E-state index contributed by atoms with van der Waals surface area (Å²) >= 11 is 5.97. The van der Waals surface area contributed by atoms with Crippen molar-refractivity contribution in [1.29, 1.82) is 0 Å². The zero-order chi connectivity index (χ0) is 15.6. The zero-order valence-corrected chi connectivity index (χ0v) is 13.7. The van der Waals surface area contributed by atoms with Gasteiger partial charge in [-0.2, -0.15) is 0 Å². The highest BCUT2D eigenvalue weighted by molar-refractivity contribution is 6.33. The maximum absolute atomic E-state index is 5.97. The van der Waals surface area contributed by atoms with Gasteiger partial charge in [-0.3, -0.25) is 0 Å². The van der Waals surface area contributed by atoms with Crippen LogP contribution in [0.5, 0.6) is 0 Å². The number of aromatic nitrogens is 4. The van der Waals surface area contributed by atoms with Crippen LogP contribution in [-0.4, -0.2) is 20.2 Å². The third kappa shape index (κ3) is 3.53. The fourth-order valence-electron chi connectivity index (χ4n) is 2.61. The van der Waals surface area contributed by atoms with E-state index in [0.717, 1.165) is 17.9 Å². The average Bonchev–Trinajstić information content (AvgIpc) is 2.86. The van der Waals surface area contributed by atoms with Crippen LogP contribution in [0.1, 0.15) is 27.7 Å². The van der Waals surface area contributed by atoms with Crippen LogP contribution in [0, 0.1) is 17.8 Å². The van der Waals surface area contributed by atoms with Crippen molar-refractivity contribution in [1.82, 2.24) is 20.2 Å². The topological polar surface area (TPSA) is 69.6 Å². The molecule has 0 fully saturated rings. The van der Waals surface area contributed by atoms with E-state index in [4.69, 9.17) is 17.3 Å². The maximum Gasteiger partial charge on any atom is 0.182 e. The first-order valence-corrected chi connectivity index (χ1v) is 7.59. The lowest BCUT2D eigenvalue weighted by Gasteiger charge is -2.24. The van der Waals surface area contributed by atoms with Crippen LogP contribution in [0.2, 0.25) is 5.02 Å². The highest BCUT2D eigenvalue weighted by atomic mass is 35.5. The summed E-state index contributed by atoms with van der Waals surface area (Å²) in [5, 5.41) is 12.6. The number of benzene rings is 1. The van der Waals surface area contributed by atoms with E-state index < -0.39 is 0 Å². The van der Waals surface area contributed by atoms with Gasteiger partial charge in [0.25, 0.3) is 0 Å². The Morgan fingerprint density at radius 2 is 1.86 bits per heavy atom. The molecular formula is C15H22ClN5. The van der Waals surface area contributed by atoms with Gasteiger partial charge in [0.05, 0.1) is 10.7 Å². The number of halogens is 1. The SMILES string of the molecule is CC(C)C(Cn1nnnc1-c1ccc(Cl)c(N)c1)C(C)C.